The molecule has 1 saturated carbocycles. The lowest BCUT2D eigenvalue weighted by molar-refractivity contribution is 0.189. The van der Waals surface area contributed by atoms with Crippen LogP contribution < -0.4 is 4.74 Å². The fraction of sp³-hybridized carbons (Fsp3) is 0.412. The summed E-state index contributed by atoms with van der Waals surface area (Å²) in [5.74, 6) is 0.249. The predicted molar refractivity (Wildman–Crippen MR) is 157 cm³/mol. The van der Waals surface area contributed by atoms with Crippen molar-refractivity contribution < 1.29 is 17.9 Å². The van der Waals surface area contributed by atoms with Crippen LogP contribution in [0.5, 0.6) is 5.75 Å². The van der Waals surface area contributed by atoms with Crippen LogP contribution in [-0.4, -0.2) is 14.4 Å². The summed E-state index contributed by atoms with van der Waals surface area (Å²) in [4.78, 5) is 0. The van der Waals surface area contributed by atoms with Crippen LogP contribution in [0.1, 0.15) is 70.3 Å². The molecule has 3 aromatic rings. The van der Waals surface area contributed by atoms with Crippen molar-refractivity contribution in [2.24, 2.45) is 17.8 Å². The van der Waals surface area contributed by atoms with Crippen molar-refractivity contribution in [2.45, 2.75) is 64.7 Å². The molecule has 1 atom stereocenters. The first kappa shape index (κ1) is 27.6. The summed E-state index contributed by atoms with van der Waals surface area (Å²) in [6.45, 7) is 2.55. The fourth-order valence-electron chi connectivity index (χ4n) is 6.70. The van der Waals surface area contributed by atoms with E-state index in [4.69, 9.17) is 4.74 Å². The van der Waals surface area contributed by atoms with Gasteiger partial charge >= 0.3 is 0 Å². The Kier molecular flexibility index (Phi) is 8.84. The highest BCUT2D eigenvalue weighted by molar-refractivity contribution is 6.08. The van der Waals surface area contributed by atoms with E-state index in [1.165, 1.54) is 62.7 Å². The lowest BCUT2D eigenvalue weighted by Crippen LogP contribution is -2.23. The van der Waals surface area contributed by atoms with E-state index in [0.717, 1.165) is 36.2 Å². The first-order chi connectivity index (χ1) is 19.0. The summed E-state index contributed by atoms with van der Waals surface area (Å²) >= 11 is 0. The molecule has 0 radical (unpaired) electrons. The molecular formula is C34H38BF3O. The Morgan fingerprint density at radius 3 is 2.05 bits per heavy atom. The molecule has 0 aliphatic heterocycles. The topological polar surface area (TPSA) is 9.23 Å². The van der Waals surface area contributed by atoms with Gasteiger partial charge in [-0.15, -0.1) is 0 Å². The summed E-state index contributed by atoms with van der Waals surface area (Å²) in [6.07, 6.45) is 13.9. The zero-order valence-electron chi connectivity index (χ0n) is 23.1. The van der Waals surface area contributed by atoms with Gasteiger partial charge in [0.25, 0.3) is 0 Å². The first-order valence-corrected chi connectivity index (χ1v) is 14.7. The maximum Gasteiger partial charge on any atom is 0.201 e. The van der Waals surface area contributed by atoms with Gasteiger partial charge in [0.05, 0.1) is 6.51 Å². The lowest BCUT2D eigenvalue weighted by Gasteiger charge is -2.35. The fourth-order valence-corrected chi connectivity index (χ4v) is 6.70. The van der Waals surface area contributed by atoms with Crippen molar-refractivity contribution in [3.63, 3.8) is 0 Å². The van der Waals surface area contributed by atoms with E-state index in [1.807, 2.05) is 12.1 Å². The maximum atomic E-state index is 15.3. The number of allylic oxidation sites excluding steroid dienone is 2. The first-order valence-electron chi connectivity index (χ1n) is 14.7. The standard InChI is InChI=1S/C34H38BF3O/c1-2-3-22-4-6-23(7-5-22)24-8-10-25(11-9-24)28-16-17-29(31(36)20-28)26-12-14-27(15-13-26)30-18-19-32(39-21-35)34(38)33(30)37/h10,12-20,22-24H,2-9,11,21,35H2,1H3. The van der Waals surface area contributed by atoms with Crippen LogP contribution in [0, 0.1) is 35.2 Å². The SMILES string of the molecule is BCOc1ccc(-c2ccc(-c3ccc(C4=CCC(C5CCC(CCC)CC5)CC4)cc3F)cc2)c(F)c1F. The highest BCUT2D eigenvalue weighted by atomic mass is 19.2. The number of rotatable bonds is 8. The van der Waals surface area contributed by atoms with Crippen LogP contribution in [0.25, 0.3) is 27.8 Å². The van der Waals surface area contributed by atoms with Crippen LogP contribution in [0.3, 0.4) is 0 Å². The molecule has 2 aliphatic rings. The Morgan fingerprint density at radius 1 is 0.769 bits per heavy atom. The van der Waals surface area contributed by atoms with Crippen molar-refractivity contribution in [2.75, 3.05) is 6.51 Å². The highest BCUT2D eigenvalue weighted by Crippen LogP contribution is 2.42. The van der Waals surface area contributed by atoms with Gasteiger partial charge in [0.2, 0.25) is 5.82 Å². The van der Waals surface area contributed by atoms with E-state index in [2.05, 4.69) is 13.0 Å². The smallest absolute Gasteiger partial charge is 0.201 e. The molecule has 39 heavy (non-hydrogen) atoms. The van der Waals surface area contributed by atoms with Gasteiger partial charge in [-0.2, -0.15) is 4.39 Å². The van der Waals surface area contributed by atoms with Gasteiger partial charge in [-0.05, 0) is 90.3 Å². The van der Waals surface area contributed by atoms with Crippen molar-refractivity contribution in [3.8, 4) is 28.0 Å². The quantitative estimate of drug-likeness (QED) is 0.264. The van der Waals surface area contributed by atoms with Crippen molar-refractivity contribution in [1.29, 1.82) is 0 Å². The molecule has 5 rings (SSSR count). The van der Waals surface area contributed by atoms with E-state index < -0.39 is 11.6 Å². The highest BCUT2D eigenvalue weighted by Gasteiger charge is 2.28. The van der Waals surface area contributed by atoms with E-state index in [0.29, 0.717) is 16.7 Å². The van der Waals surface area contributed by atoms with Crippen LogP contribution >= 0.6 is 0 Å². The van der Waals surface area contributed by atoms with Gasteiger partial charge in [-0.3, -0.25) is 0 Å². The molecule has 0 heterocycles. The Bertz CT molecular complexity index is 1310. The molecule has 0 aromatic heterocycles. The van der Waals surface area contributed by atoms with Crippen LogP contribution in [0.4, 0.5) is 13.2 Å². The molecule has 0 spiro atoms. The molecule has 1 fully saturated rings. The lowest BCUT2D eigenvalue weighted by atomic mass is 9.70. The third-order valence-corrected chi connectivity index (χ3v) is 8.90. The third kappa shape index (κ3) is 6.13. The molecule has 0 saturated heterocycles. The summed E-state index contributed by atoms with van der Waals surface area (Å²) in [5.41, 5.74) is 4.09. The minimum Gasteiger partial charge on any atom is -0.500 e. The number of benzene rings is 3. The average molecular weight is 530 g/mol. The molecule has 2 aliphatic carbocycles. The average Bonchev–Trinajstić information content (AvgIpc) is 2.97. The number of halogens is 3. The van der Waals surface area contributed by atoms with E-state index >= 15 is 4.39 Å². The molecule has 1 unspecified atom stereocenters. The maximum absolute atomic E-state index is 15.3. The Balaban J connectivity index is 1.25. The normalized spacial score (nSPS) is 21.4. The monoisotopic (exact) mass is 530 g/mol. The van der Waals surface area contributed by atoms with Gasteiger partial charge in [-0.25, -0.2) is 8.78 Å². The predicted octanol–water partition coefficient (Wildman–Crippen LogP) is 9.20. The Morgan fingerprint density at radius 2 is 1.44 bits per heavy atom. The number of hydrogen-bond acceptors (Lipinski definition) is 1. The van der Waals surface area contributed by atoms with Gasteiger partial charge in [-0.1, -0.05) is 75.1 Å². The summed E-state index contributed by atoms with van der Waals surface area (Å²) in [5, 5.41) is 0. The van der Waals surface area contributed by atoms with E-state index in [9.17, 15) is 8.78 Å². The summed E-state index contributed by atoms with van der Waals surface area (Å²) < 4.78 is 49.4. The van der Waals surface area contributed by atoms with Gasteiger partial charge in [0.15, 0.2) is 19.4 Å². The van der Waals surface area contributed by atoms with E-state index in [1.54, 1.807) is 38.2 Å². The minimum absolute atomic E-state index is 0.101. The second kappa shape index (κ2) is 12.5. The zero-order chi connectivity index (χ0) is 27.4. The van der Waals surface area contributed by atoms with Crippen LogP contribution in [0.2, 0.25) is 0 Å². The minimum atomic E-state index is -0.997. The molecule has 1 nitrogen and oxygen atoms in total. The zero-order valence-corrected chi connectivity index (χ0v) is 23.1. The molecule has 204 valence electrons. The van der Waals surface area contributed by atoms with Gasteiger partial charge in [0.1, 0.15) is 5.82 Å². The van der Waals surface area contributed by atoms with Crippen LogP contribution in [0.15, 0.2) is 60.7 Å². The third-order valence-electron chi connectivity index (χ3n) is 8.90. The Hall–Kier alpha value is -2.95. The molecule has 0 N–H and O–H groups in total. The number of hydrogen-bond donors (Lipinski definition) is 0. The van der Waals surface area contributed by atoms with Crippen molar-refractivity contribution in [3.05, 3.63) is 83.7 Å². The van der Waals surface area contributed by atoms with Crippen molar-refractivity contribution >= 4 is 13.4 Å². The van der Waals surface area contributed by atoms with Crippen LogP contribution in [-0.2, 0) is 0 Å². The molecule has 5 heteroatoms. The second-order valence-electron chi connectivity index (χ2n) is 11.3. The summed E-state index contributed by atoms with van der Waals surface area (Å²) in [6, 6.07) is 15.3. The molecule has 3 aromatic carbocycles. The molecule has 0 amide bonds. The molecule has 0 bridgehead atoms. The Labute approximate surface area is 231 Å². The second-order valence-corrected chi connectivity index (χ2v) is 11.3. The van der Waals surface area contributed by atoms with Gasteiger partial charge in [0, 0.05) is 11.1 Å². The van der Waals surface area contributed by atoms with Gasteiger partial charge < -0.3 is 4.74 Å². The summed E-state index contributed by atoms with van der Waals surface area (Å²) in [7, 11) is 1.72. The van der Waals surface area contributed by atoms with Crippen molar-refractivity contribution in [1.82, 2.24) is 0 Å². The largest absolute Gasteiger partial charge is 0.500 e. The number of ether oxygens (including phenoxy) is 1. The molecular weight excluding hydrogens is 492 g/mol. The van der Waals surface area contributed by atoms with E-state index in [-0.39, 0.29) is 23.6 Å².